The van der Waals surface area contributed by atoms with E-state index in [4.69, 9.17) is 15.3 Å². The molecule has 0 bridgehead atoms. The highest BCUT2D eigenvalue weighted by atomic mass is 79.9. The number of ether oxygens (including phenoxy) is 1. The number of rotatable bonds is 8. The lowest BCUT2D eigenvalue weighted by molar-refractivity contribution is -0.0113. The molecule has 1 atom stereocenters. The third-order valence-electron chi connectivity index (χ3n) is 1.29. The summed E-state index contributed by atoms with van der Waals surface area (Å²) in [4.78, 5) is 5.10. The van der Waals surface area contributed by atoms with Gasteiger partial charge < -0.3 is 10.5 Å². The molecule has 1 unspecified atom stereocenters. The lowest BCUT2D eigenvalue weighted by Crippen LogP contribution is -2.29. The van der Waals surface area contributed by atoms with E-state index in [1.54, 1.807) is 0 Å². The maximum absolute atomic E-state index is 5.35. The summed E-state index contributed by atoms with van der Waals surface area (Å²) in [5, 5.41) is 0. The van der Waals surface area contributed by atoms with Crippen LogP contribution in [0.4, 0.5) is 0 Å². The van der Waals surface area contributed by atoms with Gasteiger partial charge in [-0.1, -0.05) is 15.9 Å². The molecule has 0 aliphatic rings. The molecule has 0 radical (unpaired) electrons. The lowest BCUT2D eigenvalue weighted by Gasteiger charge is -2.11. The molecule has 0 spiro atoms. The van der Waals surface area contributed by atoms with E-state index in [0.717, 1.165) is 6.42 Å². The molecule has 0 amide bonds. The van der Waals surface area contributed by atoms with Crippen LogP contribution in [-0.4, -0.2) is 31.3 Å². The first kappa shape index (κ1) is 12.3. The summed E-state index contributed by atoms with van der Waals surface area (Å²) in [6, 6.07) is 0.305. The second-order valence-electron chi connectivity index (χ2n) is 2.46. The van der Waals surface area contributed by atoms with Gasteiger partial charge in [-0.05, 0) is 19.9 Å². The van der Waals surface area contributed by atoms with Crippen LogP contribution in [0.1, 0.15) is 13.3 Å². The first-order chi connectivity index (χ1) is 5.81. The first-order valence-corrected chi connectivity index (χ1v) is 5.14. The standard InChI is InChI=1S/C7H17BrN2O2/c1-7(2-3-9)10-12-5-4-11-6-8/h7,10H,2-6,9H2,1H3. The van der Waals surface area contributed by atoms with Crippen LogP contribution in [0, 0.1) is 0 Å². The molecule has 3 N–H and O–H groups in total. The summed E-state index contributed by atoms with van der Waals surface area (Å²) >= 11 is 3.14. The van der Waals surface area contributed by atoms with E-state index >= 15 is 0 Å². The Kier molecular flexibility index (Phi) is 9.66. The largest absolute Gasteiger partial charge is 0.368 e. The molecule has 0 heterocycles. The second kappa shape index (κ2) is 9.41. The molecule has 4 nitrogen and oxygen atoms in total. The summed E-state index contributed by atoms with van der Waals surface area (Å²) in [5.74, 6) is 0. The van der Waals surface area contributed by atoms with E-state index in [-0.39, 0.29) is 0 Å². The average molecular weight is 241 g/mol. The predicted octanol–water partition coefficient (Wildman–Crippen LogP) is 0.614. The number of halogens is 1. The van der Waals surface area contributed by atoms with Crippen molar-refractivity contribution in [3.63, 3.8) is 0 Å². The van der Waals surface area contributed by atoms with E-state index in [1.165, 1.54) is 0 Å². The molecule has 0 saturated carbocycles. The maximum atomic E-state index is 5.35. The average Bonchev–Trinajstić information content (AvgIpc) is 2.05. The fourth-order valence-corrected chi connectivity index (χ4v) is 0.894. The van der Waals surface area contributed by atoms with Gasteiger partial charge in [0.25, 0.3) is 0 Å². The van der Waals surface area contributed by atoms with Crippen molar-refractivity contribution in [1.29, 1.82) is 0 Å². The fourth-order valence-electron chi connectivity index (χ4n) is 0.665. The van der Waals surface area contributed by atoms with E-state index in [2.05, 4.69) is 21.4 Å². The highest BCUT2D eigenvalue weighted by Crippen LogP contribution is 1.87. The van der Waals surface area contributed by atoms with Crippen molar-refractivity contribution >= 4 is 15.9 Å². The van der Waals surface area contributed by atoms with E-state index in [1.807, 2.05) is 6.92 Å². The van der Waals surface area contributed by atoms with Crippen molar-refractivity contribution in [2.24, 2.45) is 5.73 Å². The number of hydrogen-bond acceptors (Lipinski definition) is 4. The van der Waals surface area contributed by atoms with E-state index in [0.29, 0.717) is 31.3 Å². The van der Waals surface area contributed by atoms with Crippen LogP contribution < -0.4 is 11.2 Å². The quantitative estimate of drug-likeness (QED) is 0.371. The van der Waals surface area contributed by atoms with Crippen LogP contribution in [0.25, 0.3) is 0 Å². The normalized spacial score (nSPS) is 13.2. The van der Waals surface area contributed by atoms with Crippen molar-refractivity contribution in [2.45, 2.75) is 19.4 Å². The Morgan fingerprint density at radius 2 is 2.25 bits per heavy atom. The van der Waals surface area contributed by atoms with Crippen LogP contribution >= 0.6 is 15.9 Å². The van der Waals surface area contributed by atoms with Crippen molar-refractivity contribution in [3.05, 3.63) is 0 Å². The smallest absolute Gasteiger partial charge is 0.102 e. The fraction of sp³-hybridized carbons (Fsp3) is 1.00. The first-order valence-electron chi connectivity index (χ1n) is 4.02. The van der Waals surface area contributed by atoms with Gasteiger partial charge in [-0.15, -0.1) is 0 Å². The van der Waals surface area contributed by atoms with Gasteiger partial charge in [0.05, 0.1) is 13.2 Å². The molecule has 5 heteroatoms. The van der Waals surface area contributed by atoms with Crippen LogP contribution in [0.15, 0.2) is 0 Å². The van der Waals surface area contributed by atoms with Gasteiger partial charge in [0.2, 0.25) is 0 Å². The number of nitrogens with one attached hydrogen (secondary N) is 1. The molecule has 74 valence electrons. The Bertz CT molecular complexity index is 95.5. The van der Waals surface area contributed by atoms with Crippen LogP contribution in [0.3, 0.4) is 0 Å². The van der Waals surface area contributed by atoms with Gasteiger partial charge in [-0.25, -0.2) is 0 Å². The summed E-state index contributed by atoms with van der Waals surface area (Å²) in [5.41, 5.74) is 8.77. The predicted molar refractivity (Wildman–Crippen MR) is 52.0 cm³/mol. The van der Waals surface area contributed by atoms with Crippen LogP contribution in [0.2, 0.25) is 0 Å². The van der Waals surface area contributed by atoms with Crippen molar-refractivity contribution in [1.82, 2.24) is 5.48 Å². The number of alkyl halides is 1. The Labute approximate surface area is 81.9 Å². The minimum atomic E-state index is 0.305. The molecular formula is C7H17BrN2O2. The van der Waals surface area contributed by atoms with Gasteiger partial charge in [0, 0.05) is 6.04 Å². The second-order valence-corrected chi connectivity index (χ2v) is 2.92. The number of nitrogens with two attached hydrogens (primary N) is 1. The van der Waals surface area contributed by atoms with Gasteiger partial charge in [-0.2, -0.15) is 5.48 Å². The molecule has 0 aliphatic heterocycles. The maximum Gasteiger partial charge on any atom is 0.102 e. The third-order valence-corrected chi connectivity index (χ3v) is 1.61. The van der Waals surface area contributed by atoms with Gasteiger partial charge in [-0.3, -0.25) is 4.84 Å². The van der Waals surface area contributed by atoms with Crippen molar-refractivity contribution in [2.75, 3.05) is 25.3 Å². The molecule has 0 aromatic heterocycles. The summed E-state index contributed by atoms with van der Waals surface area (Å²) in [7, 11) is 0. The monoisotopic (exact) mass is 240 g/mol. The molecule has 0 aliphatic carbocycles. The zero-order valence-electron chi connectivity index (χ0n) is 7.38. The Morgan fingerprint density at radius 1 is 1.50 bits per heavy atom. The third kappa shape index (κ3) is 8.42. The highest BCUT2D eigenvalue weighted by molar-refractivity contribution is 9.09. The highest BCUT2D eigenvalue weighted by Gasteiger charge is 1.98. The Balaban J connectivity index is 2.97. The molecular weight excluding hydrogens is 224 g/mol. The zero-order valence-corrected chi connectivity index (χ0v) is 8.97. The van der Waals surface area contributed by atoms with Gasteiger partial charge in [0.1, 0.15) is 5.52 Å². The summed E-state index contributed by atoms with van der Waals surface area (Å²) in [6.07, 6.45) is 0.916. The van der Waals surface area contributed by atoms with Crippen LogP contribution in [-0.2, 0) is 9.57 Å². The molecule has 0 saturated heterocycles. The molecule has 0 fully saturated rings. The van der Waals surface area contributed by atoms with Crippen molar-refractivity contribution in [3.8, 4) is 0 Å². The summed E-state index contributed by atoms with van der Waals surface area (Å²) < 4.78 is 5.00. The molecule has 0 aromatic carbocycles. The molecule has 12 heavy (non-hydrogen) atoms. The minimum Gasteiger partial charge on any atom is -0.368 e. The lowest BCUT2D eigenvalue weighted by atomic mass is 10.2. The Hall–Kier alpha value is 0.320. The van der Waals surface area contributed by atoms with Crippen molar-refractivity contribution < 1.29 is 9.57 Å². The zero-order chi connectivity index (χ0) is 9.23. The minimum absolute atomic E-state index is 0.305. The topological polar surface area (TPSA) is 56.5 Å². The summed E-state index contributed by atoms with van der Waals surface area (Å²) in [6.45, 7) is 3.85. The number of hydroxylamine groups is 1. The SMILES string of the molecule is CC(CCN)NOCCOCBr. The van der Waals surface area contributed by atoms with E-state index < -0.39 is 0 Å². The van der Waals surface area contributed by atoms with Gasteiger partial charge >= 0.3 is 0 Å². The number of hydrogen-bond donors (Lipinski definition) is 2. The van der Waals surface area contributed by atoms with E-state index in [9.17, 15) is 0 Å². The molecule has 0 aromatic rings. The Morgan fingerprint density at radius 3 is 2.83 bits per heavy atom. The van der Waals surface area contributed by atoms with Gasteiger partial charge in [0.15, 0.2) is 0 Å². The van der Waals surface area contributed by atoms with Crippen LogP contribution in [0.5, 0.6) is 0 Å². The molecule has 0 rings (SSSR count).